The summed E-state index contributed by atoms with van der Waals surface area (Å²) in [4.78, 5) is 28.3. The molecule has 0 saturated carbocycles. The zero-order chi connectivity index (χ0) is 20.8. The van der Waals surface area contributed by atoms with E-state index in [1.807, 2.05) is 13.8 Å². The summed E-state index contributed by atoms with van der Waals surface area (Å²) in [5.41, 5.74) is 15.4. The van der Waals surface area contributed by atoms with Crippen molar-refractivity contribution in [3.05, 3.63) is 22.2 Å². The second-order valence-corrected chi connectivity index (χ2v) is 7.98. The fourth-order valence-electron chi connectivity index (χ4n) is 3.05. The molecule has 0 atom stereocenters. The zero-order valence-electron chi connectivity index (χ0n) is 16.6. The van der Waals surface area contributed by atoms with Crippen molar-refractivity contribution < 1.29 is 4.79 Å². The minimum absolute atomic E-state index is 0.0982. The smallest absolute Gasteiger partial charge is 0.293 e. The highest BCUT2D eigenvalue weighted by Gasteiger charge is 2.29. The number of nitrogens with zero attached hydrogens (tertiary/aromatic N) is 4. The Morgan fingerprint density at radius 3 is 2.56 bits per heavy atom. The summed E-state index contributed by atoms with van der Waals surface area (Å²) in [5.74, 6) is -0.506. The Hall–Kier alpha value is -2.91. The maximum absolute atomic E-state index is 12.5. The molecule has 0 aromatic carbocycles. The van der Waals surface area contributed by atoms with Gasteiger partial charge in [0.15, 0.2) is 5.82 Å². The lowest BCUT2D eigenvalue weighted by Gasteiger charge is -2.35. The van der Waals surface area contributed by atoms with Crippen LogP contribution in [0, 0.1) is 12.3 Å². The standard InChI is InChI=1S/C17H30N8O2/c1-11-8-21-13(18)14(27)25(11)9-12(26)23-17(4,5)10-16(2,3)6-7-22-24-15(19)20/h7-8H,6,9-10H2,1-5H3,(H2,18,21)(H,23,26)(H4,19,20,24)/b22-7+. The SMILES string of the molecule is Cc1cnc(N)c(=O)n1CC(=O)NC(C)(C)CC(C)(C)C/C=N/N=C(N)N. The topological polar surface area (TPSA) is 167 Å². The summed E-state index contributed by atoms with van der Waals surface area (Å²) in [6.07, 6.45) is 4.41. The zero-order valence-corrected chi connectivity index (χ0v) is 16.6. The van der Waals surface area contributed by atoms with Crippen molar-refractivity contribution in [3.63, 3.8) is 0 Å². The summed E-state index contributed by atoms with van der Waals surface area (Å²) in [7, 11) is 0. The number of amides is 1. The van der Waals surface area contributed by atoms with Crippen LogP contribution in [0.3, 0.4) is 0 Å². The van der Waals surface area contributed by atoms with Gasteiger partial charge < -0.3 is 22.5 Å². The van der Waals surface area contributed by atoms with Gasteiger partial charge in [-0.3, -0.25) is 14.2 Å². The van der Waals surface area contributed by atoms with E-state index in [1.54, 1.807) is 13.1 Å². The minimum atomic E-state index is -0.499. The average Bonchev–Trinajstić information content (AvgIpc) is 2.50. The van der Waals surface area contributed by atoms with Crippen LogP contribution in [0.25, 0.3) is 0 Å². The van der Waals surface area contributed by atoms with Crippen LogP contribution in [0.4, 0.5) is 5.82 Å². The number of hydrogen-bond acceptors (Lipinski definition) is 6. The Morgan fingerprint density at radius 1 is 1.33 bits per heavy atom. The molecule has 0 unspecified atom stereocenters. The molecule has 0 bridgehead atoms. The van der Waals surface area contributed by atoms with Crippen LogP contribution in [0.5, 0.6) is 0 Å². The second kappa shape index (κ2) is 8.65. The lowest BCUT2D eigenvalue weighted by atomic mass is 9.78. The van der Waals surface area contributed by atoms with Crippen molar-refractivity contribution >= 4 is 23.9 Å². The van der Waals surface area contributed by atoms with E-state index in [0.717, 1.165) is 0 Å². The first-order valence-electron chi connectivity index (χ1n) is 8.56. The van der Waals surface area contributed by atoms with E-state index in [4.69, 9.17) is 17.2 Å². The Balaban J connectivity index is 2.75. The van der Waals surface area contributed by atoms with Crippen molar-refractivity contribution in [2.45, 2.75) is 59.5 Å². The van der Waals surface area contributed by atoms with Crippen molar-refractivity contribution in [2.24, 2.45) is 27.1 Å². The Kier molecular flexibility index (Phi) is 7.09. The third kappa shape index (κ3) is 7.47. The molecule has 0 fully saturated rings. The predicted octanol–water partition coefficient (Wildman–Crippen LogP) is 0.0943. The molecule has 1 aromatic heterocycles. The lowest BCUT2D eigenvalue weighted by molar-refractivity contribution is -0.123. The first-order valence-corrected chi connectivity index (χ1v) is 8.56. The molecule has 1 aromatic rings. The number of guanidine groups is 1. The van der Waals surface area contributed by atoms with E-state index in [1.165, 1.54) is 10.8 Å². The van der Waals surface area contributed by atoms with E-state index in [-0.39, 0.29) is 29.6 Å². The first kappa shape index (κ1) is 22.1. The van der Waals surface area contributed by atoms with Crippen LogP contribution in [-0.2, 0) is 11.3 Å². The van der Waals surface area contributed by atoms with Crippen molar-refractivity contribution in [1.29, 1.82) is 0 Å². The van der Waals surface area contributed by atoms with Gasteiger partial charge in [-0.05, 0) is 39.0 Å². The van der Waals surface area contributed by atoms with E-state index in [0.29, 0.717) is 18.5 Å². The fraction of sp³-hybridized carbons (Fsp3) is 0.588. The number of carbonyl (C=O) groups excluding carboxylic acids is 1. The molecule has 1 rings (SSSR count). The molecular formula is C17H30N8O2. The molecule has 0 radical (unpaired) electrons. The van der Waals surface area contributed by atoms with Gasteiger partial charge in [0.1, 0.15) is 6.54 Å². The third-order valence-electron chi connectivity index (χ3n) is 3.88. The molecular weight excluding hydrogens is 348 g/mol. The molecule has 1 heterocycles. The number of nitrogen functional groups attached to an aromatic ring is 1. The summed E-state index contributed by atoms with van der Waals surface area (Å²) >= 11 is 0. The Bertz CT molecular complexity index is 789. The Labute approximate surface area is 158 Å². The molecule has 27 heavy (non-hydrogen) atoms. The van der Waals surface area contributed by atoms with Crippen LogP contribution >= 0.6 is 0 Å². The largest absolute Gasteiger partial charge is 0.379 e. The monoisotopic (exact) mass is 378 g/mol. The van der Waals surface area contributed by atoms with E-state index < -0.39 is 11.1 Å². The molecule has 10 nitrogen and oxygen atoms in total. The maximum atomic E-state index is 12.5. The number of anilines is 1. The van der Waals surface area contributed by atoms with Gasteiger partial charge in [-0.25, -0.2) is 4.98 Å². The normalized spacial score (nSPS) is 12.2. The van der Waals surface area contributed by atoms with Gasteiger partial charge in [0.05, 0.1) is 0 Å². The summed E-state index contributed by atoms with van der Waals surface area (Å²) in [6.45, 7) is 9.55. The summed E-state index contributed by atoms with van der Waals surface area (Å²) < 4.78 is 1.31. The van der Waals surface area contributed by atoms with Gasteiger partial charge in [-0.2, -0.15) is 5.10 Å². The van der Waals surface area contributed by atoms with Crippen LogP contribution in [0.15, 0.2) is 21.2 Å². The third-order valence-corrected chi connectivity index (χ3v) is 3.88. The average molecular weight is 378 g/mol. The van der Waals surface area contributed by atoms with Crippen molar-refractivity contribution in [2.75, 3.05) is 5.73 Å². The van der Waals surface area contributed by atoms with Gasteiger partial charge >= 0.3 is 0 Å². The number of nitrogens with one attached hydrogen (secondary N) is 1. The molecule has 0 saturated heterocycles. The van der Waals surface area contributed by atoms with Gasteiger partial charge in [0.25, 0.3) is 5.56 Å². The summed E-state index contributed by atoms with van der Waals surface area (Å²) in [6, 6.07) is 0. The highest BCUT2D eigenvalue weighted by molar-refractivity contribution is 5.77. The molecule has 0 aliphatic rings. The molecule has 0 aliphatic carbocycles. The molecule has 0 aliphatic heterocycles. The lowest BCUT2D eigenvalue weighted by Crippen LogP contribution is -2.48. The van der Waals surface area contributed by atoms with Gasteiger partial charge in [-0.15, -0.1) is 5.10 Å². The number of carbonyl (C=O) groups is 1. The van der Waals surface area contributed by atoms with Gasteiger partial charge in [0, 0.05) is 23.6 Å². The van der Waals surface area contributed by atoms with Crippen LogP contribution in [0.1, 0.15) is 46.2 Å². The van der Waals surface area contributed by atoms with Gasteiger partial charge in [-0.1, -0.05) is 13.8 Å². The molecule has 10 heteroatoms. The van der Waals surface area contributed by atoms with Crippen LogP contribution in [0.2, 0.25) is 0 Å². The first-order chi connectivity index (χ1) is 12.3. The van der Waals surface area contributed by atoms with Crippen LogP contribution in [-0.4, -0.2) is 33.2 Å². The predicted molar refractivity (Wildman–Crippen MR) is 107 cm³/mol. The molecule has 150 valence electrons. The van der Waals surface area contributed by atoms with Crippen LogP contribution < -0.4 is 28.1 Å². The quantitative estimate of drug-likeness (QED) is 0.284. The number of hydrogen-bond donors (Lipinski definition) is 4. The number of aromatic nitrogens is 2. The van der Waals surface area contributed by atoms with Gasteiger partial charge in [0.2, 0.25) is 11.9 Å². The van der Waals surface area contributed by atoms with E-state index in [2.05, 4.69) is 34.4 Å². The van der Waals surface area contributed by atoms with E-state index in [9.17, 15) is 9.59 Å². The van der Waals surface area contributed by atoms with Crippen molar-refractivity contribution in [3.8, 4) is 0 Å². The number of rotatable bonds is 8. The number of aryl methyl sites for hydroxylation is 1. The maximum Gasteiger partial charge on any atom is 0.293 e. The highest BCUT2D eigenvalue weighted by atomic mass is 16.2. The molecule has 7 N–H and O–H groups in total. The minimum Gasteiger partial charge on any atom is -0.379 e. The summed E-state index contributed by atoms with van der Waals surface area (Å²) in [5, 5.41) is 10.3. The second-order valence-electron chi connectivity index (χ2n) is 7.98. The Morgan fingerprint density at radius 2 is 1.96 bits per heavy atom. The van der Waals surface area contributed by atoms with E-state index >= 15 is 0 Å². The highest BCUT2D eigenvalue weighted by Crippen LogP contribution is 2.30. The van der Waals surface area contributed by atoms with Crippen molar-refractivity contribution in [1.82, 2.24) is 14.9 Å². The fourth-order valence-corrected chi connectivity index (χ4v) is 3.05. The molecule has 0 spiro atoms. The molecule has 1 amide bonds. The number of nitrogens with two attached hydrogens (primary N) is 3.